The van der Waals surface area contributed by atoms with Crippen molar-refractivity contribution in [2.75, 3.05) is 24.6 Å². The molecule has 3 atom stereocenters. The number of anilines is 1. The Morgan fingerprint density at radius 2 is 2.00 bits per heavy atom. The smallest absolute Gasteiger partial charge is 0.282 e. The van der Waals surface area contributed by atoms with Crippen LogP contribution in [0.1, 0.15) is 50.0 Å². The SMILES string of the molecule is C[C@H]1[C@H](C)CC[C@@H]1NC(=O)c1ccc(N2CC(F)(F)C2)c(OCC2CC2)n1. The number of aromatic nitrogens is 1. The van der Waals surface area contributed by atoms with E-state index >= 15 is 0 Å². The second kappa shape index (κ2) is 6.91. The Balaban J connectivity index is 1.49. The Labute approximate surface area is 158 Å². The zero-order valence-corrected chi connectivity index (χ0v) is 15.9. The lowest BCUT2D eigenvalue weighted by atomic mass is 9.98. The van der Waals surface area contributed by atoms with Crippen LogP contribution >= 0.6 is 0 Å². The van der Waals surface area contributed by atoms with Crippen molar-refractivity contribution in [2.24, 2.45) is 17.8 Å². The molecule has 3 aliphatic rings. The quantitative estimate of drug-likeness (QED) is 0.822. The first-order chi connectivity index (χ1) is 12.8. The van der Waals surface area contributed by atoms with Gasteiger partial charge >= 0.3 is 0 Å². The number of alkyl halides is 2. The maximum absolute atomic E-state index is 13.3. The van der Waals surface area contributed by atoms with Crippen LogP contribution in [-0.2, 0) is 0 Å². The molecule has 4 rings (SSSR count). The van der Waals surface area contributed by atoms with Gasteiger partial charge in [-0.3, -0.25) is 4.79 Å². The minimum Gasteiger partial charge on any atom is -0.476 e. The van der Waals surface area contributed by atoms with Crippen LogP contribution in [0.15, 0.2) is 12.1 Å². The van der Waals surface area contributed by atoms with E-state index in [2.05, 4.69) is 24.1 Å². The maximum Gasteiger partial charge on any atom is 0.282 e. The lowest BCUT2D eigenvalue weighted by Gasteiger charge is -2.40. The average molecular weight is 379 g/mol. The molecule has 5 nitrogen and oxygen atoms in total. The fourth-order valence-electron chi connectivity index (χ4n) is 3.88. The third kappa shape index (κ3) is 4.01. The van der Waals surface area contributed by atoms with Crippen LogP contribution in [0.4, 0.5) is 14.5 Å². The fraction of sp³-hybridized carbons (Fsp3) is 0.700. The van der Waals surface area contributed by atoms with Gasteiger partial charge in [-0.1, -0.05) is 13.8 Å². The van der Waals surface area contributed by atoms with Gasteiger partial charge in [0.25, 0.3) is 11.8 Å². The van der Waals surface area contributed by atoms with Gasteiger partial charge in [0.15, 0.2) is 0 Å². The second-order valence-electron chi connectivity index (χ2n) is 8.48. The van der Waals surface area contributed by atoms with Crippen molar-refractivity contribution in [1.82, 2.24) is 10.3 Å². The summed E-state index contributed by atoms with van der Waals surface area (Å²) in [6.45, 7) is 4.21. The summed E-state index contributed by atoms with van der Waals surface area (Å²) in [6.07, 6.45) is 4.32. The molecule has 1 aromatic rings. The second-order valence-corrected chi connectivity index (χ2v) is 8.48. The van der Waals surface area contributed by atoms with Crippen LogP contribution in [-0.4, -0.2) is 42.6 Å². The van der Waals surface area contributed by atoms with Gasteiger partial charge in [0.2, 0.25) is 5.88 Å². The first-order valence-electron chi connectivity index (χ1n) is 9.90. The largest absolute Gasteiger partial charge is 0.476 e. The van der Waals surface area contributed by atoms with Crippen molar-refractivity contribution in [3.05, 3.63) is 17.8 Å². The predicted molar refractivity (Wildman–Crippen MR) is 98.4 cm³/mol. The van der Waals surface area contributed by atoms with Gasteiger partial charge in [0, 0.05) is 6.04 Å². The summed E-state index contributed by atoms with van der Waals surface area (Å²) in [5, 5.41) is 3.08. The Bertz CT molecular complexity index is 715. The molecule has 0 spiro atoms. The first-order valence-corrected chi connectivity index (χ1v) is 9.90. The van der Waals surface area contributed by atoms with Crippen molar-refractivity contribution in [2.45, 2.75) is 51.5 Å². The Morgan fingerprint density at radius 3 is 2.59 bits per heavy atom. The van der Waals surface area contributed by atoms with Gasteiger partial charge in [0.05, 0.1) is 19.7 Å². The molecule has 3 fully saturated rings. The fourth-order valence-corrected chi connectivity index (χ4v) is 3.88. The van der Waals surface area contributed by atoms with Crippen molar-refractivity contribution in [3.8, 4) is 5.88 Å². The van der Waals surface area contributed by atoms with Crippen molar-refractivity contribution in [3.63, 3.8) is 0 Å². The number of carbonyl (C=O) groups excluding carboxylic acids is 1. The van der Waals surface area contributed by atoms with E-state index in [0.717, 1.165) is 25.7 Å². The molecule has 1 N–H and O–H groups in total. The van der Waals surface area contributed by atoms with Crippen LogP contribution in [0.2, 0.25) is 0 Å². The summed E-state index contributed by atoms with van der Waals surface area (Å²) >= 11 is 0. The van der Waals surface area contributed by atoms with Crippen LogP contribution in [0.3, 0.4) is 0 Å². The van der Waals surface area contributed by atoms with Crippen molar-refractivity contribution in [1.29, 1.82) is 0 Å². The van der Waals surface area contributed by atoms with E-state index in [1.165, 1.54) is 0 Å². The van der Waals surface area contributed by atoms with E-state index in [4.69, 9.17) is 4.74 Å². The molecule has 0 unspecified atom stereocenters. The van der Waals surface area contributed by atoms with E-state index in [1.54, 1.807) is 17.0 Å². The molecule has 27 heavy (non-hydrogen) atoms. The predicted octanol–water partition coefficient (Wildman–Crippen LogP) is 3.49. The Hall–Kier alpha value is -1.92. The molecule has 2 heterocycles. The summed E-state index contributed by atoms with van der Waals surface area (Å²) in [6, 6.07) is 3.44. The number of rotatable bonds is 6. The average Bonchev–Trinajstić information content (AvgIpc) is 3.39. The molecule has 0 bridgehead atoms. The highest BCUT2D eigenvalue weighted by atomic mass is 19.3. The van der Waals surface area contributed by atoms with Crippen LogP contribution < -0.4 is 15.0 Å². The molecular formula is C20H27F2N3O2. The Kier molecular flexibility index (Phi) is 4.72. The number of amides is 1. The van der Waals surface area contributed by atoms with Crippen LogP contribution in [0.5, 0.6) is 5.88 Å². The highest BCUT2D eigenvalue weighted by Gasteiger charge is 2.45. The Morgan fingerprint density at radius 1 is 1.26 bits per heavy atom. The number of hydrogen-bond acceptors (Lipinski definition) is 4. The standard InChI is InChI=1S/C20H27F2N3O2/c1-12-3-6-15(13(12)2)23-18(26)16-7-8-17(25-10-20(21,22)11-25)19(24-16)27-9-14-4-5-14/h7-8,12-15H,3-6,9-11H2,1-2H3,(H,23,26)/t12-,13+,15+/m1/s1. The number of halogens is 2. The number of pyridine rings is 1. The highest BCUT2D eigenvalue weighted by Crippen LogP contribution is 2.38. The van der Waals surface area contributed by atoms with Gasteiger partial charge in [-0.25, -0.2) is 13.8 Å². The molecule has 1 aromatic heterocycles. The monoisotopic (exact) mass is 379 g/mol. The summed E-state index contributed by atoms with van der Waals surface area (Å²) < 4.78 is 32.3. The van der Waals surface area contributed by atoms with Gasteiger partial charge in [0.1, 0.15) is 11.4 Å². The van der Waals surface area contributed by atoms with Gasteiger partial charge < -0.3 is 15.0 Å². The number of ether oxygens (including phenoxy) is 1. The summed E-state index contributed by atoms with van der Waals surface area (Å²) in [5.74, 6) is -1.07. The molecular weight excluding hydrogens is 352 g/mol. The third-order valence-corrected chi connectivity index (χ3v) is 6.19. The molecule has 0 aromatic carbocycles. The zero-order valence-electron chi connectivity index (χ0n) is 15.9. The van der Waals surface area contributed by atoms with Crippen LogP contribution in [0, 0.1) is 17.8 Å². The van der Waals surface area contributed by atoms with E-state index < -0.39 is 5.92 Å². The lowest BCUT2D eigenvalue weighted by Crippen LogP contribution is -2.56. The van der Waals surface area contributed by atoms with Gasteiger partial charge in [-0.05, 0) is 55.6 Å². The summed E-state index contributed by atoms with van der Waals surface area (Å²) in [4.78, 5) is 18.6. The molecule has 1 saturated heterocycles. The van der Waals surface area contributed by atoms with Crippen molar-refractivity contribution >= 4 is 11.6 Å². The number of hydrogen-bond donors (Lipinski definition) is 1. The number of nitrogens with zero attached hydrogens (tertiary/aromatic N) is 2. The highest BCUT2D eigenvalue weighted by molar-refractivity contribution is 5.93. The maximum atomic E-state index is 13.3. The van der Waals surface area contributed by atoms with Crippen molar-refractivity contribution < 1.29 is 18.3 Å². The van der Waals surface area contributed by atoms with E-state index in [0.29, 0.717) is 30.0 Å². The van der Waals surface area contributed by atoms with Gasteiger partial charge in [-0.2, -0.15) is 0 Å². The summed E-state index contributed by atoms with van der Waals surface area (Å²) in [5.41, 5.74) is 0.824. The van der Waals surface area contributed by atoms with Gasteiger partial charge in [-0.15, -0.1) is 0 Å². The minimum atomic E-state index is -2.67. The molecule has 1 amide bonds. The molecule has 148 valence electrons. The number of nitrogens with one attached hydrogen (secondary N) is 1. The molecule has 2 saturated carbocycles. The first kappa shape index (κ1) is 18.4. The normalized spacial score (nSPS) is 29.3. The molecule has 7 heteroatoms. The van der Waals surface area contributed by atoms with Crippen LogP contribution in [0.25, 0.3) is 0 Å². The van der Waals surface area contributed by atoms with E-state index in [-0.39, 0.29) is 36.6 Å². The topological polar surface area (TPSA) is 54.5 Å². The molecule has 1 aliphatic heterocycles. The summed E-state index contributed by atoms with van der Waals surface area (Å²) in [7, 11) is 0. The lowest BCUT2D eigenvalue weighted by molar-refractivity contribution is -0.0265. The molecule has 0 radical (unpaired) electrons. The zero-order chi connectivity index (χ0) is 19.2. The minimum absolute atomic E-state index is 0.152. The van der Waals surface area contributed by atoms with E-state index in [9.17, 15) is 13.6 Å². The number of carbonyl (C=O) groups is 1. The third-order valence-electron chi connectivity index (χ3n) is 6.19. The van der Waals surface area contributed by atoms with E-state index in [1.807, 2.05) is 0 Å². The molecule has 2 aliphatic carbocycles.